The second-order valence-electron chi connectivity index (χ2n) is 4.61. The van der Waals surface area contributed by atoms with Crippen LogP contribution in [0.3, 0.4) is 0 Å². The molecular formula is C13H17N3S. The van der Waals surface area contributed by atoms with Crippen LogP contribution in [0.1, 0.15) is 19.5 Å². The van der Waals surface area contributed by atoms with Crippen LogP contribution in [0.5, 0.6) is 0 Å². The lowest BCUT2D eigenvalue weighted by molar-refractivity contribution is 0.582. The van der Waals surface area contributed by atoms with Gasteiger partial charge in [0.2, 0.25) is 0 Å². The van der Waals surface area contributed by atoms with Crippen LogP contribution < -0.4 is 4.90 Å². The first-order valence-electron chi connectivity index (χ1n) is 5.93. The number of nitriles is 1. The van der Waals surface area contributed by atoms with E-state index in [0.717, 1.165) is 18.8 Å². The molecule has 0 bridgehead atoms. The van der Waals surface area contributed by atoms with Gasteiger partial charge in [0.15, 0.2) is 0 Å². The zero-order chi connectivity index (χ0) is 12.3. The molecule has 2 rings (SSSR count). The van der Waals surface area contributed by atoms with Gasteiger partial charge in [-0.15, -0.1) is 0 Å². The number of anilines is 1. The molecule has 90 valence electrons. The Morgan fingerprint density at radius 1 is 1.53 bits per heavy atom. The van der Waals surface area contributed by atoms with E-state index in [2.05, 4.69) is 41.6 Å². The summed E-state index contributed by atoms with van der Waals surface area (Å²) >= 11 is 2.06. The van der Waals surface area contributed by atoms with E-state index in [4.69, 9.17) is 5.26 Å². The predicted octanol–water partition coefficient (Wildman–Crippen LogP) is 2.53. The molecule has 17 heavy (non-hydrogen) atoms. The lowest BCUT2D eigenvalue weighted by Crippen LogP contribution is -2.40. The lowest BCUT2D eigenvalue weighted by Gasteiger charge is -2.35. The van der Waals surface area contributed by atoms with Crippen molar-refractivity contribution in [1.29, 1.82) is 5.26 Å². The molecule has 1 saturated heterocycles. The van der Waals surface area contributed by atoms with Crippen molar-refractivity contribution in [2.24, 2.45) is 5.92 Å². The molecule has 2 heterocycles. The number of pyridine rings is 1. The Hall–Kier alpha value is -1.21. The van der Waals surface area contributed by atoms with E-state index >= 15 is 0 Å². The van der Waals surface area contributed by atoms with Crippen molar-refractivity contribution in [2.75, 3.05) is 23.7 Å². The highest BCUT2D eigenvalue weighted by molar-refractivity contribution is 8.00. The Morgan fingerprint density at radius 3 is 2.94 bits per heavy atom. The van der Waals surface area contributed by atoms with Crippen LogP contribution >= 0.6 is 11.8 Å². The number of hydrogen-bond donors (Lipinski definition) is 0. The van der Waals surface area contributed by atoms with Crippen LogP contribution in [0, 0.1) is 17.2 Å². The second-order valence-corrected chi connectivity index (χ2v) is 5.96. The molecule has 1 aliphatic heterocycles. The second kappa shape index (κ2) is 5.42. The third kappa shape index (κ3) is 2.92. The molecule has 1 aromatic rings. The number of thioether (sulfide) groups is 1. The number of rotatable bonds is 2. The van der Waals surface area contributed by atoms with Crippen LogP contribution in [0.25, 0.3) is 0 Å². The zero-order valence-electron chi connectivity index (χ0n) is 10.3. The first-order valence-corrected chi connectivity index (χ1v) is 6.98. The summed E-state index contributed by atoms with van der Waals surface area (Å²) in [6.07, 6.45) is 1.81. The van der Waals surface area contributed by atoms with Crippen molar-refractivity contribution >= 4 is 17.4 Å². The summed E-state index contributed by atoms with van der Waals surface area (Å²) in [6, 6.07) is 5.84. The molecule has 0 aliphatic carbocycles. The summed E-state index contributed by atoms with van der Waals surface area (Å²) in [5, 5.41) is 9.42. The van der Waals surface area contributed by atoms with Crippen molar-refractivity contribution in [3.8, 4) is 6.07 Å². The van der Waals surface area contributed by atoms with Gasteiger partial charge < -0.3 is 4.90 Å². The SMILES string of the molecule is CC(C)[C@@H]1CN(c2ccc(C#N)nc2)CCS1. The average Bonchev–Trinajstić information content (AvgIpc) is 2.39. The molecule has 3 nitrogen and oxygen atoms in total. The van der Waals surface area contributed by atoms with Gasteiger partial charge in [-0.1, -0.05) is 13.8 Å². The highest BCUT2D eigenvalue weighted by atomic mass is 32.2. The maximum absolute atomic E-state index is 8.72. The van der Waals surface area contributed by atoms with Crippen LogP contribution in [0.4, 0.5) is 5.69 Å². The first-order chi connectivity index (χ1) is 8.20. The fraction of sp³-hybridized carbons (Fsp3) is 0.538. The summed E-state index contributed by atoms with van der Waals surface area (Å²) in [5.74, 6) is 1.87. The maximum atomic E-state index is 8.72. The average molecular weight is 247 g/mol. The molecular weight excluding hydrogens is 230 g/mol. The van der Waals surface area contributed by atoms with Crippen LogP contribution in [-0.2, 0) is 0 Å². The van der Waals surface area contributed by atoms with E-state index in [1.54, 1.807) is 6.07 Å². The smallest absolute Gasteiger partial charge is 0.140 e. The van der Waals surface area contributed by atoms with Crippen LogP contribution in [0.2, 0.25) is 0 Å². The first kappa shape index (κ1) is 12.3. The van der Waals surface area contributed by atoms with Gasteiger partial charge in [-0.25, -0.2) is 4.98 Å². The predicted molar refractivity (Wildman–Crippen MR) is 72.2 cm³/mol. The fourth-order valence-electron chi connectivity index (χ4n) is 1.95. The molecule has 0 aromatic carbocycles. The minimum Gasteiger partial charge on any atom is -0.368 e. The highest BCUT2D eigenvalue weighted by Gasteiger charge is 2.23. The Labute approximate surface area is 107 Å². The molecule has 0 amide bonds. The Bertz CT molecular complexity index is 408. The quantitative estimate of drug-likeness (QED) is 0.805. The van der Waals surface area contributed by atoms with E-state index in [0.29, 0.717) is 16.9 Å². The van der Waals surface area contributed by atoms with Gasteiger partial charge in [-0.05, 0) is 18.1 Å². The minimum absolute atomic E-state index is 0.487. The van der Waals surface area contributed by atoms with Crippen molar-refractivity contribution in [2.45, 2.75) is 19.1 Å². The van der Waals surface area contributed by atoms with Crippen molar-refractivity contribution in [3.05, 3.63) is 24.0 Å². The Morgan fingerprint density at radius 2 is 2.35 bits per heavy atom. The zero-order valence-corrected chi connectivity index (χ0v) is 11.1. The molecule has 1 aliphatic rings. The summed E-state index contributed by atoms with van der Waals surface area (Å²) in [6.45, 7) is 6.70. The van der Waals surface area contributed by atoms with Crippen molar-refractivity contribution in [1.82, 2.24) is 4.98 Å². The van der Waals surface area contributed by atoms with Gasteiger partial charge in [0, 0.05) is 24.1 Å². The summed E-state index contributed by atoms with van der Waals surface area (Å²) in [7, 11) is 0. The number of aromatic nitrogens is 1. The van der Waals surface area contributed by atoms with E-state index in [1.807, 2.05) is 12.3 Å². The van der Waals surface area contributed by atoms with Crippen molar-refractivity contribution < 1.29 is 0 Å². The summed E-state index contributed by atoms with van der Waals surface area (Å²) < 4.78 is 0. The van der Waals surface area contributed by atoms with Gasteiger partial charge in [0.25, 0.3) is 0 Å². The minimum atomic E-state index is 0.487. The number of hydrogen-bond acceptors (Lipinski definition) is 4. The van der Waals surface area contributed by atoms with Gasteiger partial charge in [0.05, 0.1) is 11.9 Å². The molecule has 0 spiro atoms. The van der Waals surface area contributed by atoms with E-state index in [-0.39, 0.29) is 0 Å². The fourth-order valence-corrected chi connectivity index (χ4v) is 3.25. The summed E-state index contributed by atoms with van der Waals surface area (Å²) in [4.78, 5) is 6.50. The molecule has 0 N–H and O–H groups in total. The topological polar surface area (TPSA) is 39.9 Å². The van der Waals surface area contributed by atoms with Gasteiger partial charge in [0.1, 0.15) is 11.8 Å². The molecule has 0 saturated carbocycles. The van der Waals surface area contributed by atoms with Gasteiger partial charge in [-0.3, -0.25) is 0 Å². The largest absolute Gasteiger partial charge is 0.368 e. The highest BCUT2D eigenvalue weighted by Crippen LogP contribution is 2.27. The Kier molecular flexibility index (Phi) is 3.90. The third-order valence-electron chi connectivity index (χ3n) is 3.06. The van der Waals surface area contributed by atoms with E-state index in [9.17, 15) is 0 Å². The normalized spacial score (nSPS) is 20.4. The Balaban J connectivity index is 2.08. The molecule has 1 atom stereocenters. The van der Waals surface area contributed by atoms with Crippen LogP contribution in [0.15, 0.2) is 18.3 Å². The molecule has 0 unspecified atom stereocenters. The lowest BCUT2D eigenvalue weighted by atomic mass is 10.1. The standard InChI is InChI=1S/C13H17N3S/c1-10(2)13-9-16(5-6-17-13)12-4-3-11(7-14)15-8-12/h3-4,8,10,13H,5-6,9H2,1-2H3/t13-/m0/s1. The van der Waals surface area contributed by atoms with Crippen LogP contribution in [-0.4, -0.2) is 29.1 Å². The molecule has 4 heteroatoms. The number of nitrogens with zero attached hydrogens (tertiary/aromatic N) is 3. The van der Waals surface area contributed by atoms with E-state index < -0.39 is 0 Å². The molecule has 0 radical (unpaired) electrons. The maximum Gasteiger partial charge on any atom is 0.140 e. The summed E-state index contributed by atoms with van der Waals surface area (Å²) in [5.41, 5.74) is 1.62. The molecule has 1 aromatic heterocycles. The van der Waals surface area contributed by atoms with Crippen molar-refractivity contribution in [3.63, 3.8) is 0 Å². The van der Waals surface area contributed by atoms with Gasteiger partial charge in [-0.2, -0.15) is 17.0 Å². The van der Waals surface area contributed by atoms with Gasteiger partial charge >= 0.3 is 0 Å². The monoisotopic (exact) mass is 247 g/mol. The third-order valence-corrected chi connectivity index (χ3v) is 4.60. The molecule has 1 fully saturated rings. The van der Waals surface area contributed by atoms with E-state index in [1.165, 1.54) is 5.75 Å².